The molecule has 2 N–H and O–H groups in total. The van der Waals surface area contributed by atoms with Gasteiger partial charge in [-0.3, -0.25) is 9.52 Å². The number of amides is 1. The Morgan fingerprint density at radius 2 is 1.83 bits per heavy atom. The number of alkyl halides is 3. The minimum absolute atomic E-state index is 0.0183. The Labute approximate surface area is 174 Å². The van der Waals surface area contributed by atoms with E-state index < -0.39 is 27.7 Å². The predicted octanol–water partition coefficient (Wildman–Crippen LogP) is 4.61. The number of halogens is 3. The van der Waals surface area contributed by atoms with Crippen molar-refractivity contribution < 1.29 is 26.4 Å². The van der Waals surface area contributed by atoms with E-state index in [0.29, 0.717) is 5.69 Å². The van der Waals surface area contributed by atoms with Crippen LogP contribution >= 0.6 is 11.3 Å². The van der Waals surface area contributed by atoms with E-state index in [-0.39, 0.29) is 15.6 Å². The standard InChI is InChI=1S/C19H14F3N3O3S2/c20-19(21,22)14-3-1-2-13(12-14)4-9-17(26)24-15-5-7-16(8-6-15)30(27,28)25-18-23-10-11-29-18/h1-12H,(H,23,25)(H,24,26). The van der Waals surface area contributed by atoms with Crippen molar-refractivity contribution in [1.82, 2.24) is 4.98 Å². The molecule has 0 saturated heterocycles. The highest BCUT2D eigenvalue weighted by atomic mass is 32.2. The molecule has 0 aliphatic rings. The quantitative estimate of drug-likeness (QED) is 0.534. The molecule has 11 heteroatoms. The Kier molecular flexibility index (Phi) is 6.22. The van der Waals surface area contributed by atoms with Gasteiger partial charge >= 0.3 is 6.18 Å². The lowest BCUT2D eigenvalue weighted by atomic mass is 10.1. The van der Waals surface area contributed by atoms with Crippen LogP contribution in [0.2, 0.25) is 0 Å². The number of hydrogen-bond acceptors (Lipinski definition) is 5. The van der Waals surface area contributed by atoms with E-state index in [4.69, 9.17) is 0 Å². The molecule has 30 heavy (non-hydrogen) atoms. The second-order valence-corrected chi connectivity index (χ2v) is 8.49. The van der Waals surface area contributed by atoms with E-state index in [9.17, 15) is 26.4 Å². The number of nitrogens with zero attached hydrogens (tertiary/aromatic N) is 1. The molecule has 1 amide bonds. The maximum absolute atomic E-state index is 12.7. The van der Waals surface area contributed by atoms with Crippen LogP contribution in [0.3, 0.4) is 0 Å². The van der Waals surface area contributed by atoms with Gasteiger partial charge in [-0.15, -0.1) is 11.3 Å². The summed E-state index contributed by atoms with van der Waals surface area (Å²) in [6.07, 6.45) is -0.665. The minimum atomic E-state index is -4.47. The Balaban J connectivity index is 1.64. The van der Waals surface area contributed by atoms with E-state index in [1.807, 2.05) is 0 Å². The maximum Gasteiger partial charge on any atom is 0.416 e. The lowest BCUT2D eigenvalue weighted by molar-refractivity contribution is -0.137. The van der Waals surface area contributed by atoms with Crippen molar-refractivity contribution in [3.05, 3.63) is 77.3 Å². The Morgan fingerprint density at radius 1 is 1.10 bits per heavy atom. The zero-order chi connectivity index (χ0) is 21.8. The van der Waals surface area contributed by atoms with Gasteiger partial charge in [0.15, 0.2) is 5.13 Å². The molecular formula is C19H14F3N3O3S2. The SMILES string of the molecule is O=C(C=Cc1cccc(C(F)(F)F)c1)Nc1ccc(S(=O)(=O)Nc2nccs2)cc1. The topological polar surface area (TPSA) is 88.2 Å². The first kappa shape index (κ1) is 21.5. The average Bonchev–Trinajstić information content (AvgIpc) is 3.19. The first-order valence-electron chi connectivity index (χ1n) is 8.32. The van der Waals surface area contributed by atoms with E-state index in [1.165, 1.54) is 48.7 Å². The number of carbonyl (C=O) groups excluding carboxylic acids is 1. The molecule has 0 atom stereocenters. The van der Waals surface area contributed by atoms with Crippen LogP contribution in [-0.2, 0) is 21.0 Å². The molecule has 0 spiro atoms. The maximum atomic E-state index is 12.7. The van der Waals surface area contributed by atoms with Crippen LogP contribution < -0.4 is 10.0 Å². The highest BCUT2D eigenvalue weighted by Crippen LogP contribution is 2.29. The molecule has 2 aromatic carbocycles. The molecule has 1 heterocycles. The van der Waals surface area contributed by atoms with Crippen LogP contribution in [0, 0.1) is 0 Å². The molecule has 3 rings (SSSR count). The Hall–Kier alpha value is -3.18. The summed E-state index contributed by atoms with van der Waals surface area (Å²) in [5, 5.41) is 4.36. The Morgan fingerprint density at radius 3 is 2.47 bits per heavy atom. The van der Waals surface area contributed by atoms with Gasteiger partial charge in [0.1, 0.15) is 0 Å². The minimum Gasteiger partial charge on any atom is -0.323 e. The monoisotopic (exact) mass is 453 g/mol. The third-order valence-electron chi connectivity index (χ3n) is 3.73. The lowest BCUT2D eigenvalue weighted by Crippen LogP contribution is -2.13. The summed E-state index contributed by atoms with van der Waals surface area (Å²) in [6.45, 7) is 0. The smallest absolute Gasteiger partial charge is 0.323 e. The summed E-state index contributed by atoms with van der Waals surface area (Å²) in [5.74, 6) is -0.580. The number of rotatable bonds is 6. The molecule has 3 aromatic rings. The van der Waals surface area contributed by atoms with Gasteiger partial charge in [0.05, 0.1) is 10.5 Å². The summed E-state index contributed by atoms with van der Waals surface area (Å²) in [4.78, 5) is 15.8. The second kappa shape index (κ2) is 8.67. The first-order valence-corrected chi connectivity index (χ1v) is 10.7. The van der Waals surface area contributed by atoms with E-state index in [0.717, 1.165) is 29.5 Å². The van der Waals surface area contributed by atoms with Crippen molar-refractivity contribution in [1.29, 1.82) is 0 Å². The van der Waals surface area contributed by atoms with Crippen LogP contribution in [0.1, 0.15) is 11.1 Å². The van der Waals surface area contributed by atoms with Gasteiger partial charge in [-0.2, -0.15) is 13.2 Å². The van der Waals surface area contributed by atoms with Crippen LogP contribution in [0.4, 0.5) is 24.0 Å². The lowest BCUT2D eigenvalue weighted by Gasteiger charge is -2.07. The van der Waals surface area contributed by atoms with Crippen molar-refractivity contribution in [2.45, 2.75) is 11.1 Å². The highest BCUT2D eigenvalue weighted by molar-refractivity contribution is 7.93. The van der Waals surface area contributed by atoms with Crippen molar-refractivity contribution >= 4 is 44.2 Å². The van der Waals surface area contributed by atoms with Gasteiger partial charge < -0.3 is 5.32 Å². The third kappa shape index (κ3) is 5.67. The molecule has 0 fully saturated rings. The summed E-state index contributed by atoms with van der Waals surface area (Å²) in [7, 11) is -3.81. The molecular weight excluding hydrogens is 439 g/mol. The van der Waals surface area contributed by atoms with Gasteiger partial charge in [0, 0.05) is 23.3 Å². The summed E-state index contributed by atoms with van der Waals surface area (Å²) in [6, 6.07) is 9.96. The number of hydrogen-bond donors (Lipinski definition) is 2. The van der Waals surface area contributed by atoms with Crippen LogP contribution in [-0.4, -0.2) is 19.3 Å². The highest BCUT2D eigenvalue weighted by Gasteiger charge is 2.30. The number of nitrogens with one attached hydrogen (secondary N) is 2. The van der Waals surface area contributed by atoms with Gasteiger partial charge in [-0.25, -0.2) is 13.4 Å². The molecule has 0 saturated carbocycles. The number of anilines is 2. The third-order valence-corrected chi connectivity index (χ3v) is 5.90. The fourth-order valence-electron chi connectivity index (χ4n) is 2.34. The van der Waals surface area contributed by atoms with Gasteiger partial charge in [-0.1, -0.05) is 12.1 Å². The fraction of sp³-hybridized carbons (Fsp3) is 0.0526. The molecule has 0 bridgehead atoms. The zero-order valence-corrected chi connectivity index (χ0v) is 16.7. The Bertz CT molecular complexity index is 1160. The van der Waals surface area contributed by atoms with Crippen molar-refractivity contribution in [2.24, 2.45) is 0 Å². The van der Waals surface area contributed by atoms with Crippen LogP contribution in [0.5, 0.6) is 0 Å². The second-order valence-electron chi connectivity index (χ2n) is 5.91. The predicted molar refractivity (Wildman–Crippen MR) is 108 cm³/mol. The fourth-order valence-corrected chi connectivity index (χ4v) is 4.13. The molecule has 0 radical (unpaired) electrons. The van der Waals surface area contributed by atoms with Crippen LogP contribution in [0.15, 0.2) is 71.1 Å². The summed E-state index contributed by atoms with van der Waals surface area (Å²) in [5.41, 5.74) is -0.273. The first-order chi connectivity index (χ1) is 14.1. The largest absolute Gasteiger partial charge is 0.416 e. The molecule has 0 aliphatic heterocycles. The van der Waals surface area contributed by atoms with Crippen molar-refractivity contribution in [3.8, 4) is 0 Å². The van der Waals surface area contributed by atoms with E-state index in [1.54, 1.807) is 5.38 Å². The average molecular weight is 453 g/mol. The molecule has 1 aromatic heterocycles. The van der Waals surface area contributed by atoms with Gasteiger partial charge in [0.25, 0.3) is 10.0 Å². The normalized spacial score (nSPS) is 12.1. The van der Waals surface area contributed by atoms with Crippen molar-refractivity contribution in [3.63, 3.8) is 0 Å². The number of benzene rings is 2. The van der Waals surface area contributed by atoms with Crippen LogP contribution in [0.25, 0.3) is 6.08 Å². The molecule has 6 nitrogen and oxygen atoms in total. The van der Waals surface area contributed by atoms with E-state index in [2.05, 4.69) is 15.0 Å². The molecule has 156 valence electrons. The number of sulfonamides is 1. The molecule has 0 aliphatic carbocycles. The number of thiazole rings is 1. The molecule has 0 unspecified atom stereocenters. The van der Waals surface area contributed by atoms with Gasteiger partial charge in [-0.05, 0) is 48.0 Å². The number of carbonyl (C=O) groups is 1. The number of aromatic nitrogens is 1. The van der Waals surface area contributed by atoms with E-state index >= 15 is 0 Å². The van der Waals surface area contributed by atoms with Gasteiger partial charge in [0.2, 0.25) is 5.91 Å². The van der Waals surface area contributed by atoms with Crippen molar-refractivity contribution in [2.75, 3.05) is 10.0 Å². The summed E-state index contributed by atoms with van der Waals surface area (Å²) >= 11 is 1.13. The summed E-state index contributed by atoms with van der Waals surface area (Å²) < 4.78 is 65.0. The zero-order valence-electron chi connectivity index (χ0n) is 15.1.